The number of halogens is 3. The standard InChI is InChI=1S/C22H22F2IN3O3/c1-3-26-6-8-27(9-7-26)21(29)15-11-16-20(19(24)18(15)23)28(12-31-22(16)30)17-5-4-14(25)10-13(17)2/h4-5,10-11H,3,6-9,12H2,1-2H3. The molecule has 0 unspecified atom stereocenters. The molecule has 2 aromatic carbocycles. The van der Waals surface area contributed by atoms with Crippen LogP contribution >= 0.6 is 22.6 Å². The number of cyclic esters (lactones) is 1. The first kappa shape index (κ1) is 21.9. The van der Waals surface area contributed by atoms with Gasteiger partial charge in [0.25, 0.3) is 5.91 Å². The van der Waals surface area contributed by atoms with Gasteiger partial charge in [-0.05, 0) is 65.9 Å². The Morgan fingerprint density at radius 3 is 2.48 bits per heavy atom. The van der Waals surface area contributed by atoms with Gasteiger partial charge in [-0.3, -0.25) is 4.79 Å². The van der Waals surface area contributed by atoms with E-state index in [0.29, 0.717) is 31.9 Å². The molecular weight excluding hydrogens is 519 g/mol. The Labute approximate surface area is 192 Å². The van der Waals surface area contributed by atoms with Crippen LogP contribution in [0.25, 0.3) is 0 Å². The maximum atomic E-state index is 15.3. The Balaban J connectivity index is 1.74. The smallest absolute Gasteiger partial charge is 0.342 e. The molecule has 0 N–H and O–H groups in total. The number of ether oxygens (including phenoxy) is 1. The van der Waals surface area contributed by atoms with Crippen molar-refractivity contribution in [2.24, 2.45) is 0 Å². The molecule has 2 aromatic rings. The van der Waals surface area contributed by atoms with Crippen LogP contribution in [0, 0.1) is 22.1 Å². The third-order valence-corrected chi connectivity index (χ3v) is 6.45. The van der Waals surface area contributed by atoms with Gasteiger partial charge in [0.2, 0.25) is 0 Å². The number of carbonyl (C=O) groups is 2. The minimum atomic E-state index is -1.25. The fraction of sp³-hybridized carbons (Fsp3) is 0.364. The Kier molecular flexibility index (Phi) is 6.16. The zero-order valence-corrected chi connectivity index (χ0v) is 19.4. The Morgan fingerprint density at radius 1 is 1.13 bits per heavy atom. The van der Waals surface area contributed by atoms with Crippen LogP contribution in [0.15, 0.2) is 24.3 Å². The number of esters is 1. The molecule has 0 spiro atoms. The minimum absolute atomic E-state index is 0.154. The van der Waals surface area contributed by atoms with E-state index in [1.165, 1.54) is 9.80 Å². The number of nitrogens with zero attached hydrogens (tertiary/aromatic N) is 3. The van der Waals surface area contributed by atoms with Crippen LogP contribution in [0.3, 0.4) is 0 Å². The molecule has 9 heteroatoms. The number of likely N-dealkylation sites (N-methyl/N-ethyl adjacent to an activating group) is 1. The third kappa shape index (κ3) is 4.00. The maximum Gasteiger partial charge on any atom is 0.342 e. The lowest BCUT2D eigenvalue weighted by molar-refractivity contribution is 0.0491. The van der Waals surface area contributed by atoms with Crippen LogP contribution in [0.5, 0.6) is 0 Å². The summed E-state index contributed by atoms with van der Waals surface area (Å²) in [5.74, 6) is -3.87. The highest BCUT2D eigenvalue weighted by molar-refractivity contribution is 14.1. The number of amides is 1. The molecule has 0 aromatic heterocycles. The molecule has 2 heterocycles. The van der Waals surface area contributed by atoms with Gasteiger partial charge in [-0.25, -0.2) is 13.6 Å². The van der Waals surface area contributed by atoms with Gasteiger partial charge in [0.15, 0.2) is 18.4 Å². The number of hydrogen-bond donors (Lipinski definition) is 0. The number of piperazine rings is 1. The number of fused-ring (bicyclic) bond motifs is 1. The van der Waals surface area contributed by atoms with E-state index in [-0.39, 0.29) is 18.0 Å². The van der Waals surface area contributed by atoms with Crippen molar-refractivity contribution >= 4 is 45.8 Å². The Bertz CT molecular complexity index is 1050. The zero-order chi connectivity index (χ0) is 22.3. The van der Waals surface area contributed by atoms with Gasteiger partial charge in [0, 0.05) is 35.4 Å². The Hall–Kier alpha value is -2.27. The van der Waals surface area contributed by atoms with Crippen LogP contribution in [-0.2, 0) is 4.74 Å². The largest absolute Gasteiger partial charge is 0.440 e. The second-order valence-electron chi connectivity index (χ2n) is 7.59. The summed E-state index contributed by atoms with van der Waals surface area (Å²) in [6, 6.07) is 6.62. The molecule has 0 bridgehead atoms. The van der Waals surface area contributed by atoms with E-state index in [1.807, 2.05) is 26.0 Å². The van der Waals surface area contributed by atoms with Gasteiger partial charge in [-0.15, -0.1) is 0 Å². The number of anilines is 2. The number of aryl methyl sites for hydroxylation is 1. The topological polar surface area (TPSA) is 53.1 Å². The van der Waals surface area contributed by atoms with Gasteiger partial charge in [-0.2, -0.15) is 0 Å². The van der Waals surface area contributed by atoms with E-state index in [9.17, 15) is 9.59 Å². The number of benzene rings is 2. The van der Waals surface area contributed by atoms with Crippen molar-refractivity contribution in [3.05, 3.63) is 56.2 Å². The summed E-state index contributed by atoms with van der Waals surface area (Å²) in [5.41, 5.74) is 0.621. The summed E-state index contributed by atoms with van der Waals surface area (Å²) >= 11 is 2.16. The SMILES string of the molecule is CCN1CCN(C(=O)c2cc3c(c(F)c2F)N(c2ccc(I)cc2C)COC3=O)CC1. The molecule has 1 saturated heterocycles. The van der Waals surface area contributed by atoms with Gasteiger partial charge in [0.05, 0.1) is 16.8 Å². The second kappa shape index (κ2) is 8.70. The molecule has 0 atom stereocenters. The van der Waals surface area contributed by atoms with Crippen molar-refractivity contribution < 1.29 is 23.1 Å². The predicted octanol–water partition coefficient (Wildman–Crippen LogP) is 3.92. The lowest BCUT2D eigenvalue weighted by Crippen LogP contribution is -2.48. The highest BCUT2D eigenvalue weighted by Crippen LogP contribution is 2.39. The second-order valence-corrected chi connectivity index (χ2v) is 8.84. The molecule has 0 saturated carbocycles. The number of carbonyl (C=O) groups excluding carboxylic acids is 2. The van der Waals surface area contributed by atoms with Crippen LogP contribution in [0.2, 0.25) is 0 Å². The Morgan fingerprint density at radius 2 is 1.84 bits per heavy atom. The van der Waals surface area contributed by atoms with Gasteiger partial charge in [0.1, 0.15) is 0 Å². The lowest BCUT2D eigenvalue weighted by Gasteiger charge is -2.35. The normalized spacial score (nSPS) is 16.9. The average molecular weight is 541 g/mol. The van der Waals surface area contributed by atoms with Crippen molar-refractivity contribution in [2.75, 3.05) is 44.4 Å². The highest BCUT2D eigenvalue weighted by atomic mass is 127. The van der Waals surface area contributed by atoms with Crippen LogP contribution < -0.4 is 4.90 Å². The minimum Gasteiger partial charge on any atom is -0.440 e. The third-order valence-electron chi connectivity index (χ3n) is 5.78. The maximum absolute atomic E-state index is 15.3. The predicted molar refractivity (Wildman–Crippen MR) is 121 cm³/mol. The number of hydrogen-bond acceptors (Lipinski definition) is 5. The molecule has 1 amide bonds. The molecule has 2 aliphatic rings. The van der Waals surface area contributed by atoms with Crippen LogP contribution in [0.1, 0.15) is 33.2 Å². The molecule has 1 fully saturated rings. The van der Waals surface area contributed by atoms with Crippen molar-refractivity contribution in [3.8, 4) is 0 Å². The molecule has 0 aliphatic carbocycles. The summed E-state index contributed by atoms with van der Waals surface area (Å²) in [4.78, 5) is 30.5. The molecular formula is C22H22F2IN3O3. The molecule has 6 nitrogen and oxygen atoms in total. The zero-order valence-electron chi connectivity index (χ0n) is 17.3. The van der Waals surface area contributed by atoms with E-state index in [2.05, 4.69) is 27.5 Å². The van der Waals surface area contributed by atoms with Crippen LogP contribution in [0.4, 0.5) is 20.2 Å². The average Bonchev–Trinajstić information content (AvgIpc) is 2.76. The van der Waals surface area contributed by atoms with E-state index >= 15 is 8.78 Å². The highest BCUT2D eigenvalue weighted by Gasteiger charge is 2.35. The molecule has 31 heavy (non-hydrogen) atoms. The van der Waals surface area contributed by atoms with Gasteiger partial charge in [-0.1, -0.05) is 6.92 Å². The van der Waals surface area contributed by atoms with Crippen LogP contribution in [-0.4, -0.2) is 61.1 Å². The van der Waals surface area contributed by atoms with E-state index in [1.54, 1.807) is 6.07 Å². The van der Waals surface area contributed by atoms with Gasteiger partial charge < -0.3 is 19.4 Å². The molecule has 164 valence electrons. The van der Waals surface area contributed by atoms with Gasteiger partial charge >= 0.3 is 5.97 Å². The summed E-state index contributed by atoms with van der Waals surface area (Å²) < 4.78 is 36.6. The van der Waals surface area contributed by atoms with Crippen molar-refractivity contribution in [2.45, 2.75) is 13.8 Å². The van der Waals surface area contributed by atoms with E-state index < -0.39 is 29.1 Å². The van der Waals surface area contributed by atoms with E-state index in [0.717, 1.165) is 21.7 Å². The monoisotopic (exact) mass is 541 g/mol. The first-order chi connectivity index (χ1) is 14.8. The van der Waals surface area contributed by atoms with Crippen molar-refractivity contribution in [3.63, 3.8) is 0 Å². The van der Waals surface area contributed by atoms with Crippen molar-refractivity contribution in [1.29, 1.82) is 0 Å². The first-order valence-corrected chi connectivity index (χ1v) is 11.1. The number of rotatable bonds is 3. The first-order valence-electron chi connectivity index (χ1n) is 10.1. The summed E-state index contributed by atoms with van der Waals surface area (Å²) in [6.07, 6.45) is 0. The fourth-order valence-electron chi connectivity index (χ4n) is 4.01. The molecule has 4 rings (SSSR count). The van der Waals surface area contributed by atoms with Crippen molar-refractivity contribution in [1.82, 2.24) is 9.80 Å². The summed E-state index contributed by atoms with van der Waals surface area (Å²) in [6.45, 7) is 6.67. The quantitative estimate of drug-likeness (QED) is 0.436. The molecule has 0 radical (unpaired) electrons. The molecule has 2 aliphatic heterocycles. The van der Waals surface area contributed by atoms with E-state index in [4.69, 9.17) is 4.74 Å². The lowest BCUT2D eigenvalue weighted by atomic mass is 10.0. The fourth-order valence-corrected chi connectivity index (χ4v) is 4.65. The summed E-state index contributed by atoms with van der Waals surface area (Å²) in [5, 5.41) is 0. The summed E-state index contributed by atoms with van der Waals surface area (Å²) in [7, 11) is 0.